The van der Waals surface area contributed by atoms with E-state index in [1.807, 2.05) is 6.92 Å². The standard InChI is InChI=1S/C20H25N3O6/c1-3-28-15-10-9-14(11-16(15)29-4-2)23-19(26)18(25)22(20(23)27)12-17(24)21-13-7-5-6-8-13/h9-11,13H,3-8,12H2,1-2H3,(H,21,24). The molecule has 9 heteroatoms. The number of benzene rings is 1. The lowest BCUT2D eigenvalue weighted by atomic mass is 10.2. The quantitative estimate of drug-likeness (QED) is 0.525. The Morgan fingerprint density at radius 2 is 1.69 bits per heavy atom. The first-order valence-electron chi connectivity index (χ1n) is 9.85. The van der Waals surface area contributed by atoms with Gasteiger partial charge in [0, 0.05) is 12.1 Å². The van der Waals surface area contributed by atoms with Crippen molar-refractivity contribution < 1.29 is 28.7 Å². The van der Waals surface area contributed by atoms with Crippen molar-refractivity contribution in [1.82, 2.24) is 10.2 Å². The number of carbonyl (C=O) groups is 4. The molecule has 5 amide bonds. The van der Waals surface area contributed by atoms with Crippen molar-refractivity contribution >= 4 is 29.4 Å². The highest BCUT2D eigenvalue weighted by Crippen LogP contribution is 2.34. The van der Waals surface area contributed by atoms with Crippen LogP contribution in [0.1, 0.15) is 39.5 Å². The van der Waals surface area contributed by atoms with E-state index in [0.717, 1.165) is 30.6 Å². The van der Waals surface area contributed by atoms with Crippen molar-refractivity contribution in [3.63, 3.8) is 0 Å². The van der Waals surface area contributed by atoms with Gasteiger partial charge in [-0.2, -0.15) is 0 Å². The van der Waals surface area contributed by atoms with Crippen LogP contribution in [0.4, 0.5) is 10.5 Å². The summed E-state index contributed by atoms with van der Waals surface area (Å²) in [5.74, 6) is -1.65. The highest BCUT2D eigenvalue weighted by atomic mass is 16.5. The fraction of sp³-hybridized carbons (Fsp3) is 0.500. The second-order valence-corrected chi connectivity index (χ2v) is 6.86. The van der Waals surface area contributed by atoms with E-state index in [2.05, 4.69) is 5.32 Å². The van der Waals surface area contributed by atoms with E-state index >= 15 is 0 Å². The summed E-state index contributed by atoms with van der Waals surface area (Å²) in [5, 5.41) is 2.81. The second kappa shape index (κ2) is 8.93. The summed E-state index contributed by atoms with van der Waals surface area (Å²) >= 11 is 0. The molecule has 0 aromatic heterocycles. The second-order valence-electron chi connectivity index (χ2n) is 6.86. The summed E-state index contributed by atoms with van der Waals surface area (Å²) in [6.07, 6.45) is 3.84. The number of rotatable bonds is 8. The van der Waals surface area contributed by atoms with Crippen molar-refractivity contribution in [2.75, 3.05) is 24.7 Å². The zero-order valence-electron chi connectivity index (χ0n) is 16.6. The fourth-order valence-electron chi connectivity index (χ4n) is 3.54. The Morgan fingerprint density at radius 1 is 1.03 bits per heavy atom. The first kappa shape index (κ1) is 20.6. The minimum absolute atomic E-state index is 0.0574. The Kier molecular flexibility index (Phi) is 6.36. The number of hydrogen-bond acceptors (Lipinski definition) is 6. The molecule has 2 aliphatic rings. The number of amides is 5. The van der Waals surface area contributed by atoms with Crippen LogP contribution in [0.15, 0.2) is 18.2 Å². The van der Waals surface area contributed by atoms with Gasteiger partial charge in [-0.1, -0.05) is 12.8 Å². The average Bonchev–Trinajstić information content (AvgIpc) is 3.27. The number of urea groups is 1. The van der Waals surface area contributed by atoms with Gasteiger partial charge in [-0.15, -0.1) is 0 Å². The Labute approximate surface area is 168 Å². The van der Waals surface area contributed by atoms with Gasteiger partial charge in [0.25, 0.3) is 0 Å². The summed E-state index contributed by atoms with van der Waals surface area (Å²) in [7, 11) is 0. The molecule has 1 aliphatic heterocycles. The average molecular weight is 403 g/mol. The van der Waals surface area contributed by atoms with Gasteiger partial charge in [-0.25, -0.2) is 14.6 Å². The molecule has 1 saturated carbocycles. The molecule has 3 rings (SSSR count). The molecule has 1 aliphatic carbocycles. The molecule has 2 fully saturated rings. The zero-order valence-corrected chi connectivity index (χ0v) is 16.6. The first-order valence-corrected chi connectivity index (χ1v) is 9.85. The van der Waals surface area contributed by atoms with Crippen LogP contribution in [0.25, 0.3) is 0 Å². The van der Waals surface area contributed by atoms with Gasteiger partial charge in [0.15, 0.2) is 11.5 Å². The van der Waals surface area contributed by atoms with Gasteiger partial charge in [-0.3, -0.25) is 14.4 Å². The van der Waals surface area contributed by atoms with Crippen LogP contribution in [0.2, 0.25) is 0 Å². The summed E-state index contributed by atoms with van der Waals surface area (Å²) in [6.45, 7) is 3.92. The van der Waals surface area contributed by atoms with Gasteiger partial charge in [0.2, 0.25) is 5.91 Å². The molecular formula is C20H25N3O6. The molecule has 1 N–H and O–H groups in total. The minimum atomic E-state index is -1.02. The lowest BCUT2D eigenvalue weighted by Crippen LogP contribution is -2.44. The van der Waals surface area contributed by atoms with E-state index in [0.29, 0.717) is 29.6 Å². The summed E-state index contributed by atoms with van der Waals surface area (Å²) in [6, 6.07) is 3.75. The molecule has 1 saturated heterocycles. The van der Waals surface area contributed by atoms with E-state index in [-0.39, 0.29) is 11.7 Å². The van der Waals surface area contributed by atoms with Crippen LogP contribution in [-0.2, 0) is 14.4 Å². The molecule has 0 unspecified atom stereocenters. The van der Waals surface area contributed by atoms with Gasteiger partial charge < -0.3 is 14.8 Å². The first-order chi connectivity index (χ1) is 14.0. The fourth-order valence-corrected chi connectivity index (χ4v) is 3.54. The molecule has 0 bridgehead atoms. The molecule has 1 aromatic carbocycles. The molecule has 156 valence electrons. The molecule has 29 heavy (non-hydrogen) atoms. The molecular weight excluding hydrogens is 378 g/mol. The maximum absolute atomic E-state index is 12.7. The third kappa shape index (κ3) is 4.33. The normalized spacial score (nSPS) is 17.2. The van der Waals surface area contributed by atoms with Gasteiger partial charge >= 0.3 is 17.8 Å². The van der Waals surface area contributed by atoms with Crippen LogP contribution in [0, 0.1) is 0 Å². The number of nitrogens with one attached hydrogen (secondary N) is 1. The van der Waals surface area contributed by atoms with Crippen LogP contribution < -0.4 is 19.7 Å². The van der Waals surface area contributed by atoms with Crippen molar-refractivity contribution in [3.05, 3.63) is 18.2 Å². The minimum Gasteiger partial charge on any atom is -0.490 e. The number of anilines is 1. The molecule has 1 heterocycles. The van der Waals surface area contributed by atoms with Crippen LogP contribution in [0.3, 0.4) is 0 Å². The maximum Gasteiger partial charge on any atom is 0.339 e. The van der Waals surface area contributed by atoms with Crippen molar-refractivity contribution in [1.29, 1.82) is 0 Å². The van der Waals surface area contributed by atoms with E-state index in [4.69, 9.17) is 9.47 Å². The number of carbonyl (C=O) groups excluding carboxylic acids is 4. The molecule has 1 aromatic rings. The highest BCUT2D eigenvalue weighted by molar-refractivity contribution is 6.53. The third-order valence-corrected chi connectivity index (χ3v) is 4.86. The van der Waals surface area contributed by atoms with E-state index < -0.39 is 30.3 Å². The number of imide groups is 2. The number of nitrogens with zero attached hydrogens (tertiary/aromatic N) is 2. The zero-order chi connectivity index (χ0) is 21.0. The van der Waals surface area contributed by atoms with E-state index in [1.54, 1.807) is 13.0 Å². The van der Waals surface area contributed by atoms with Crippen molar-refractivity contribution in [2.24, 2.45) is 0 Å². The third-order valence-electron chi connectivity index (χ3n) is 4.86. The monoisotopic (exact) mass is 403 g/mol. The molecule has 9 nitrogen and oxygen atoms in total. The Bertz CT molecular complexity index is 818. The molecule has 0 spiro atoms. The predicted octanol–water partition coefficient (Wildman–Crippen LogP) is 1.84. The van der Waals surface area contributed by atoms with E-state index in [1.165, 1.54) is 12.1 Å². The lowest BCUT2D eigenvalue weighted by molar-refractivity contribution is -0.140. The summed E-state index contributed by atoms with van der Waals surface area (Å²) in [5.41, 5.74) is 0.180. The topological polar surface area (TPSA) is 105 Å². The lowest BCUT2D eigenvalue weighted by Gasteiger charge is -2.18. The SMILES string of the molecule is CCOc1ccc(N2C(=O)C(=O)N(CC(=O)NC3CCCC3)C2=O)cc1OCC. The predicted molar refractivity (Wildman–Crippen MR) is 104 cm³/mol. The van der Waals surface area contributed by atoms with Crippen LogP contribution in [0.5, 0.6) is 11.5 Å². The summed E-state index contributed by atoms with van der Waals surface area (Å²) < 4.78 is 11.0. The molecule has 0 atom stereocenters. The highest BCUT2D eigenvalue weighted by Gasteiger charge is 2.46. The number of ether oxygens (including phenoxy) is 2. The largest absolute Gasteiger partial charge is 0.490 e. The maximum atomic E-state index is 12.7. The van der Waals surface area contributed by atoms with Crippen molar-refractivity contribution in [3.8, 4) is 11.5 Å². The number of hydrogen-bond donors (Lipinski definition) is 1. The Hall–Kier alpha value is -3.10. The van der Waals surface area contributed by atoms with Gasteiger partial charge in [0.05, 0.1) is 18.9 Å². The Morgan fingerprint density at radius 3 is 2.34 bits per heavy atom. The van der Waals surface area contributed by atoms with Crippen LogP contribution in [-0.4, -0.2) is 54.5 Å². The van der Waals surface area contributed by atoms with Gasteiger partial charge in [-0.05, 0) is 38.8 Å². The molecule has 0 radical (unpaired) electrons. The van der Waals surface area contributed by atoms with E-state index in [9.17, 15) is 19.2 Å². The van der Waals surface area contributed by atoms with Crippen molar-refractivity contribution in [2.45, 2.75) is 45.6 Å². The van der Waals surface area contributed by atoms with Gasteiger partial charge in [0.1, 0.15) is 6.54 Å². The van der Waals surface area contributed by atoms with Crippen LogP contribution >= 0.6 is 0 Å². The Balaban J connectivity index is 1.77. The smallest absolute Gasteiger partial charge is 0.339 e. The summed E-state index contributed by atoms with van der Waals surface area (Å²) in [4.78, 5) is 51.2.